The summed E-state index contributed by atoms with van der Waals surface area (Å²) in [7, 11) is 2.19. The zero-order valence-corrected chi connectivity index (χ0v) is 21.1. The molecule has 168 valence electrons. The standard InChI is InChI=1S/C22H34ClN5O.HI/c1-3-24-22(26-12-11-25-21(29)16-9-10-16)27-15-18-7-5-13-28(2)20(18)17-6-4-8-19(23)14-17;/h4,6,8,14,16,18,20H,3,5,7,9-13,15H2,1-2H3,(H,25,29)(H2,24,26,27);1H. The maximum absolute atomic E-state index is 11.7. The van der Waals surface area contributed by atoms with Gasteiger partial charge in [0.25, 0.3) is 0 Å². The number of rotatable bonds is 8. The SMILES string of the molecule is CCNC(=NCC1CCCN(C)C1c1cccc(Cl)c1)NCCNC(=O)C1CC1.I. The molecule has 6 nitrogen and oxygen atoms in total. The first-order chi connectivity index (χ1) is 14.1. The molecule has 1 amide bonds. The minimum atomic E-state index is 0. The molecule has 1 saturated heterocycles. The monoisotopic (exact) mass is 547 g/mol. The van der Waals surface area contributed by atoms with Crippen LogP contribution in [0.2, 0.25) is 5.02 Å². The van der Waals surface area contributed by atoms with Crippen LogP contribution in [0, 0.1) is 11.8 Å². The van der Waals surface area contributed by atoms with E-state index in [0.717, 1.165) is 49.9 Å². The summed E-state index contributed by atoms with van der Waals surface area (Å²) in [5, 5.41) is 10.4. The van der Waals surface area contributed by atoms with Crippen molar-refractivity contribution in [2.75, 3.05) is 39.8 Å². The Kier molecular flexibility index (Phi) is 10.7. The van der Waals surface area contributed by atoms with E-state index < -0.39 is 0 Å². The fraction of sp³-hybridized carbons (Fsp3) is 0.636. The molecule has 1 aromatic carbocycles. The highest BCUT2D eigenvalue weighted by Gasteiger charge is 2.31. The third-order valence-corrected chi connectivity index (χ3v) is 5.93. The second kappa shape index (κ2) is 12.7. The summed E-state index contributed by atoms with van der Waals surface area (Å²) in [6.45, 7) is 6.02. The van der Waals surface area contributed by atoms with Gasteiger partial charge < -0.3 is 16.0 Å². The van der Waals surface area contributed by atoms with Gasteiger partial charge in [-0.25, -0.2) is 0 Å². The molecule has 2 unspecified atom stereocenters. The number of benzene rings is 1. The Balaban J connectivity index is 0.00000320. The lowest BCUT2D eigenvalue weighted by molar-refractivity contribution is -0.122. The summed E-state index contributed by atoms with van der Waals surface area (Å²) >= 11 is 6.25. The van der Waals surface area contributed by atoms with E-state index in [-0.39, 0.29) is 35.8 Å². The molecule has 2 aliphatic rings. The molecule has 2 fully saturated rings. The van der Waals surface area contributed by atoms with Gasteiger partial charge in [-0.3, -0.25) is 14.7 Å². The molecule has 1 aliphatic heterocycles. The van der Waals surface area contributed by atoms with Crippen LogP contribution in [0.3, 0.4) is 0 Å². The predicted octanol–water partition coefficient (Wildman–Crippen LogP) is 3.42. The minimum absolute atomic E-state index is 0. The number of hydrogen-bond donors (Lipinski definition) is 3. The van der Waals surface area contributed by atoms with Crippen LogP contribution in [0.15, 0.2) is 29.3 Å². The number of carbonyl (C=O) groups excluding carboxylic acids is 1. The highest BCUT2D eigenvalue weighted by atomic mass is 127. The van der Waals surface area contributed by atoms with Gasteiger partial charge in [-0.2, -0.15) is 0 Å². The predicted molar refractivity (Wildman–Crippen MR) is 135 cm³/mol. The number of guanidine groups is 1. The molecular weight excluding hydrogens is 513 g/mol. The average molecular weight is 548 g/mol. The van der Waals surface area contributed by atoms with Gasteiger partial charge in [0, 0.05) is 43.2 Å². The smallest absolute Gasteiger partial charge is 0.223 e. The normalized spacial score (nSPS) is 22.2. The fourth-order valence-electron chi connectivity index (χ4n) is 4.07. The van der Waals surface area contributed by atoms with E-state index >= 15 is 0 Å². The van der Waals surface area contributed by atoms with Crippen LogP contribution in [-0.2, 0) is 4.79 Å². The Labute approximate surface area is 202 Å². The largest absolute Gasteiger partial charge is 0.357 e. The molecule has 1 saturated carbocycles. The number of aliphatic imine (C=N–C) groups is 1. The first kappa shape index (κ1) is 25.2. The second-order valence-corrected chi connectivity index (χ2v) is 8.53. The maximum atomic E-state index is 11.7. The van der Waals surface area contributed by atoms with Crippen LogP contribution in [0.25, 0.3) is 0 Å². The molecule has 0 radical (unpaired) electrons. The third-order valence-electron chi connectivity index (χ3n) is 5.69. The van der Waals surface area contributed by atoms with Crippen molar-refractivity contribution in [2.45, 2.75) is 38.6 Å². The summed E-state index contributed by atoms with van der Waals surface area (Å²) in [6, 6.07) is 8.53. The molecule has 30 heavy (non-hydrogen) atoms. The van der Waals surface area contributed by atoms with Crippen molar-refractivity contribution in [3.8, 4) is 0 Å². The molecule has 2 atom stereocenters. The van der Waals surface area contributed by atoms with E-state index in [0.29, 0.717) is 25.0 Å². The lowest BCUT2D eigenvalue weighted by atomic mass is 9.85. The van der Waals surface area contributed by atoms with Crippen molar-refractivity contribution in [2.24, 2.45) is 16.8 Å². The topological polar surface area (TPSA) is 68.8 Å². The van der Waals surface area contributed by atoms with Gasteiger partial charge in [-0.05, 0) is 69.8 Å². The third kappa shape index (κ3) is 7.57. The van der Waals surface area contributed by atoms with Crippen molar-refractivity contribution < 1.29 is 4.79 Å². The Morgan fingerprint density at radius 2 is 1.97 bits per heavy atom. The van der Waals surface area contributed by atoms with E-state index in [1.165, 1.54) is 12.0 Å². The van der Waals surface area contributed by atoms with E-state index in [1.54, 1.807) is 0 Å². The molecule has 0 bridgehead atoms. The van der Waals surface area contributed by atoms with Gasteiger partial charge in [0.1, 0.15) is 0 Å². The Morgan fingerprint density at radius 3 is 2.67 bits per heavy atom. The number of nitrogens with one attached hydrogen (secondary N) is 3. The number of likely N-dealkylation sites (tertiary alicyclic amines) is 1. The van der Waals surface area contributed by atoms with Gasteiger partial charge in [0.2, 0.25) is 5.91 Å². The van der Waals surface area contributed by atoms with Crippen LogP contribution in [0.5, 0.6) is 0 Å². The van der Waals surface area contributed by atoms with Gasteiger partial charge in [0.15, 0.2) is 5.96 Å². The van der Waals surface area contributed by atoms with Crippen molar-refractivity contribution in [3.05, 3.63) is 34.9 Å². The minimum Gasteiger partial charge on any atom is -0.357 e. The van der Waals surface area contributed by atoms with Crippen LogP contribution in [-0.4, -0.2) is 56.5 Å². The van der Waals surface area contributed by atoms with Crippen molar-refractivity contribution in [1.82, 2.24) is 20.9 Å². The lowest BCUT2D eigenvalue weighted by Crippen LogP contribution is -2.42. The number of carbonyl (C=O) groups is 1. The van der Waals surface area contributed by atoms with Gasteiger partial charge in [-0.15, -0.1) is 24.0 Å². The second-order valence-electron chi connectivity index (χ2n) is 8.09. The molecule has 8 heteroatoms. The van der Waals surface area contributed by atoms with Crippen LogP contribution in [0.1, 0.15) is 44.2 Å². The number of hydrogen-bond acceptors (Lipinski definition) is 3. The molecule has 1 aromatic rings. The molecule has 3 rings (SSSR count). The molecule has 0 spiro atoms. The Hall–Kier alpha value is -1.06. The summed E-state index contributed by atoms with van der Waals surface area (Å²) in [5.74, 6) is 1.69. The number of piperidine rings is 1. The Bertz CT molecular complexity index is 713. The van der Waals surface area contributed by atoms with Crippen molar-refractivity contribution in [3.63, 3.8) is 0 Å². The van der Waals surface area contributed by atoms with E-state index in [2.05, 4.69) is 47.0 Å². The lowest BCUT2D eigenvalue weighted by Gasteiger charge is -2.39. The molecule has 1 aliphatic carbocycles. The highest BCUT2D eigenvalue weighted by molar-refractivity contribution is 14.0. The van der Waals surface area contributed by atoms with Gasteiger partial charge in [0.05, 0.1) is 0 Å². The van der Waals surface area contributed by atoms with E-state index in [9.17, 15) is 4.79 Å². The van der Waals surface area contributed by atoms with Crippen LogP contribution >= 0.6 is 35.6 Å². The quantitative estimate of drug-likeness (QED) is 0.202. The van der Waals surface area contributed by atoms with E-state index in [4.69, 9.17) is 16.6 Å². The average Bonchev–Trinajstić information content (AvgIpc) is 3.54. The molecule has 0 aromatic heterocycles. The zero-order valence-electron chi connectivity index (χ0n) is 18.0. The fourth-order valence-corrected chi connectivity index (χ4v) is 4.27. The van der Waals surface area contributed by atoms with Crippen LogP contribution in [0.4, 0.5) is 0 Å². The molecule has 3 N–H and O–H groups in total. The summed E-state index contributed by atoms with van der Waals surface area (Å²) in [5.41, 5.74) is 1.26. The number of amides is 1. The van der Waals surface area contributed by atoms with Crippen molar-refractivity contribution in [1.29, 1.82) is 0 Å². The van der Waals surface area contributed by atoms with Crippen molar-refractivity contribution >= 4 is 47.4 Å². The molecular formula is C22H35ClIN5O. The van der Waals surface area contributed by atoms with E-state index in [1.807, 2.05) is 12.1 Å². The summed E-state index contributed by atoms with van der Waals surface area (Å²) in [4.78, 5) is 19.0. The van der Waals surface area contributed by atoms with Gasteiger partial charge >= 0.3 is 0 Å². The highest BCUT2D eigenvalue weighted by Crippen LogP contribution is 2.36. The number of halogens is 2. The zero-order chi connectivity index (χ0) is 20.6. The molecule has 1 heterocycles. The maximum Gasteiger partial charge on any atom is 0.223 e. The first-order valence-corrected chi connectivity index (χ1v) is 11.2. The first-order valence-electron chi connectivity index (χ1n) is 10.8. The van der Waals surface area contributed by atoms with Crippen LogP contribution < -0.4 is 16.0 Å². The summed E-state index contributed by atoms with van der Waals surface area (Å²) in [6.07, 6.45) is 4.41. The van der Waals surface area contributed by atoms with Gasteiger partial charge in [-0.1, -0.05) is 23.7 Å². The Morgan fingerprint density at radius 1 is 1.20 bits per heavy atom. The summed E-state index contributed by atoms with van der Waals surface area (Å²) < 4.78 is 0. The number of nitrogens with zero attached hydrogens (tertiary/aromatic N) is 2.